The van der Waals surface area contributed by atoms with Gasteiger partial charge in [0.2, 0.25) is 0 Å². The molecule has 1 heterocycles. The Morgan fingerprint density at radius 1 is 1.08 bits per heavy atom. The number of benzene rings is 2. The molecule has 0 saturated carbocycles. The van der Waals surface area contributed by atoms with E-state index in [-0.39, 0.29) is 16.9 Å². The summed E-state index contributed by atoms with van der Waals surface area (Å²) in [6.07, 6.45) is 0. The molecule has 0 saturated heterocycles. The predicted molar refractivity (Wildman–Crippen MR) is 90.8 cm³/mol. The Kier molecular flexibility index (Phi) is 3.77. The molecule has 0 bridgehead atoms. The third kappa shape index (κ3) is 2.22. The maximum Gasteiger partial charge on any atom is 0.144 e. The zero-order valence-electron chi connectivity index (χ0n) is 12.2. The zero-order chi connectivity index (χ0) is 17.4. The van der Waals surface area contributed by atoms with E-state index in [1.807, 2.05) is 18.2 Å². The molecule has 2 aromatic carbocycles. The minimum absolute atomic E-state index is 0.121. The molecule has 24 heavy (non-hydrogen) atoms. The Labute approximate surface area is 146 Å². The Balaban J connectivity index is 2.37. The van der Waals surface area contributed by atoms with Crippen molar-refractivity contribution in [3.63, 3.8) is 0 Å². The molecule has 116 valence electrons. The minimum atomic E-state index is -0.988. The summed E-state index contributed by atoms with van der Waals surface area (Å²) in [5.41, 5.74) is 13.6. The van der Waals surface area contributed by atoms with Crippen LogP contribution in [0.25, 0.3) is 0 Å². The molecular formula is C17H10BrN5O. The number of ether oxygens (including phenoxy) is 1. The maximum absolute atomic E-state index is 9.42. The first-order valence-electron chi connectivity index (χ1n) is 6.90. The zero-order valence-corrected chi connectivity index (χ0v) is 13.8. The quantitative estimate of drug-likeness (QED) is 0.729. The van der Waals surface area contributed by atoms with Crippen molar-refractivity contribution >= 4 is 27.3 Å². The van der Waals surface area contributed by atoms with Gasteiger partial charge in [-0.05, 0) is 18.2 Å². The standard InChI is InChI=1S/C17H10BrN5O/c18-9-1-2-13-10(3-9)15(8(5-19)6-20)16-14(24-13)4-12(22)11(7-21)17(16)23/h1-4,8,15H,22-23H2. The molecule has 7 heteroatoms. The van der Waals surface area contributed by atoms with Gasteiger partial charge >= 0.3 is 0 Å². The summed E-state index contributed by atoms with van der Waals surface area (Å²) >= 11 is 3.38. The van der Waals surface area contributed by atoms with Crippen molar-refractivity contribution in [2.75, 3.05) is 11.5 Å². The topological polar surface area (TPSA) is 133 Å². The summed E-state index contributed by atoms with van der Waals surface area (Å²) in [7, 11) is 0. The second-order valence-corrected chi connectivity index (χ2v) is 6.19. The third-order valence-electron chi connectivity index (χ3n) is 3.96. The van der Waals surface area contributed by atoms with Crippen LogP contribution in [0.1, 0.15) is 22.6 Å². The third-order valence-corrected chi connectivity index (χ3v) is 4.45. The normalized spacial score (nSPS) is 14.5. The van der Waals surface area contributed by atoms with Crippen LogP contribution in [0.3, 0.4) is 0 Å². The van der Waals surface area contributed by atoms with Crippen molar-refractivity contribution in [1.29, 1.82) is 15.8 Å². The smallest absolute Gasteiger partial charge is 0.144 e. The highest BCUT2D eigenvalue weighted by Crippen LogP contribution is 2.51. The summed E-state index contributed by atoms with van der Waals surface area (Å²) < 4.78 is 6.63. The molecule has 0 spiro atoms. The van der Waals surface area contributed by atoms with Crippen molar-refractivity contribution in [1.82, 2.24) is 0 Å². The molecule has 3 rings (SSSR count). The first-order valence-corrected chi connectivity index (χ1v) is 7.69. The highest BCUT2D eigenvalue weighted by atomic mass is 79.9. The Morgan fingerprint density at radius 2 is 1.79 bits per heavy atom. The van der Waals surface area contributed by atoms with Crippen molar-refractivity contribution in [3.05, 3.63) is 45.4 Å². The van der Waals surface area contributed by atoms with Gasteiger partial charge in [-0.15, -0.1) is 0 Å². The monoisotopic (exact) mass is 379 g/mol. The van der Waals surface area contributed by atoms with Gasteiger partial charge in [-0.2, -0.15) is 15.8 Å². The van der Waals surface area contributed by atoms with E-state index in [0.29, 0.717) is 22.6 Å². The molecule has 0 amide bonds. The maximum atomic E-state index is 9.42. The Bertz CT molecular complexity index is 966. The highest BCUT2D eigenvalue weighted by molar-refractivity contribution is 9.10. The first-order chi connectivity index (χ1) is 11.5. The second-order valence-electron chi connectivity index (χ2n) is 5.28. The van der Waals surface area contributed by atoms with Gasteiger partial charge < -0.3 is 16.2 Å². The number of anilines is 2. The lowest BCUT2D eigenvalue weighted by atomic mass is 9.78. The average Bonchev–Trinajstić information content (AvgIpc) is 2.56. The molecule has 4 N–H and O–H groups in total. The van der Waals surface area contributed by atoms with Crippen LogP contribution >= 0.6 is 15.9 Å². The molecule has 1 unspecified atom stereocenters. The number of fused-ring (bicyclic) bond motifs is 2. The lowest BCUT2D eigenvalue weighted by Crippen LogP contribution is -2.20. The largest absolute Gasteiger partial charge is 0.457 e. The van der Waals surface area contributed by atoms with Crippen LogP contribution in [-0.4, -0.2) is 0 Å². The fraction of sp³-hybridized carbons (Fsp3) is 0.118. The van der Waals surface area contributed by atoms with Gasteiger partial charge in [0.1, 0.15) is 23.5 Å². The summed E-state index contributed by atoms with van der Waals surface area (Å²) in [4.78, 5) is 0. The number of nitrogen functional groups attached to an aromatic ring is 2. The molecule has 0 aliphatic carbocycles. The van der Waals surface area contributed by atoms with Gasteiger partial charge in [0.05, 0.1) is 29.1 Å². The number of nitriles is 3. The van der Waals surface area contributed by atoms with Crippen LogP contribution in [0.4, 0.5) is 11.4 Å². The molecule has 1 aliphatic rings. The van der Waals surface area contributed by atoms with E-state index >= 15 is 0 Å². The predicted octanol–water partition coefficient (Wildman–Crippen LogP) is 3.39. The van der Waals surface area contributed by atoms with Crippen molar-refractivity contribution in [2.45, 2.75) is 5.92 Å². The van der Waals surface area contributed by atoms with Crippen LogP contribution < -0.4 is 16.2 Å². The molecular weight excluding hydrogens is 370 g/mol. The Hall–Kier alpha value is -3.21. The van der Waals surface area contributed by atoms with Gasteiger partial charge in [-0.25, -0.2) is 0 Å². The summed E-state index contributed by atoms with van der Waals surface area (Å²) in [5, 5.41) is 28.1. The van der Waals surface area contributed by atoms with E-state index in [1.165, 1.54) is 6.07 Å². The molecule has 6 nitrogen and oxygen atoms in total. The van der Waals surface area contributed by atoms with Gasteiger partial charge in [-0.3, -0.25) is 0 Å². The fourth-order valence-electron chi connectivity index (χ4n) is 2.90. The van der Waals surface area contributed by atoms with Gasteiger partial charge in [0.25, 0.3) is 0 Å². The van der Waals surface area contributed by atoms with Gasteiger partial charge in [-0.1, -0.05) is 15.9 Å². The van der Waals surface area contributed by atoms with Crippen LogP contribution in [0, 0.1) is 39.9 Å². The SMILES string of the molecule is N#Cc1c(N)cc2c(c1N)C(C(C#N)C#N)c1cc(Br)ccc1O2. The van der Waals surface area contributed by atoms with Crippen molar-refractivity contribution < 1.29 is 4.74 Å². The number of nitrogens with zero attached hydrogens (tertiary/aromatic N) is 3. The summed E-state index contributed by atoms with van der Waals surface area (Å²) in [5.74, 6) is -0.740. The minimum Gasteiger partial charge on any atom is -0.457 e. The van der Waals surface area contributed by atoms with Gasteiger partial charge in [0.15, 0.2) is 0 Å². The highest BCUT2D eigenvalue weighted by Gasteiger charge is 2.37. The second kappa shape index (κ2) is 5.77. The molecule has 0 aromatic heterocycles. The number of hydrogen-bond donors (Lipinski definition) is 2. The number of hydrogen-bond acceptors (Lipinski definition) is 6. The van der Waals surface area contributed by atoms with E-state index in [2.05, 4.69) is 15.9 Å². The molecule has 1 aliphatic heterocycles. The first kappa shape index (κ1) is 15.7. The van der Waals surface area contributed by atoms with Crippen LogP contribution in [0.2, 0.25) is 0 Å². The number of rotatable bonds is 1. The van der Waals surface area contributed by atoms with Crippen LogP contribution in [-0.2, 0) is 0 Å². The van der Waals surface area contributed by atoms with Crippen LogP contribution in [0.5, 0.6) is 11.5 Å². The lowest BCUT2D eigenvalue weighted by Gasteiger charge is -2.30. The summed E-state index contributed by atoms with van der Waals surface area (Å²) in [6, 6.07) is 12.8. The van der Waals surface area contributed by atoms with E-state index in [0.717, 1.165) is 4.47 Å². The van der Waals surface area contributed by atoms with Crippen LogP contribution in [0.15, 0.2) is 28.7 Å². The van der Waals surface area contributed by atoms with Crippen molar-refractivity contribution in [2.24, 2.45) is 5.92 Å². The average molecular weight is 380 g/mol. The molecule has 1 atom stereocenters. The van der Waals surface area contributed by atoms with E-state index < -0.39 is 11.8 Å². The molecule has 2 aromatic rings. The molecule has 0 fully saturated rings. The summed E-state index contributed by atoms with van der Waals surface area (Å²) in [6.45, 7) is 0. The van der Waals surface area contributed by atoms with Gasteiger partial charge in [0, 0.05) is 27.6 Å². The van der Waals surface area contributed by atoms with E-state index in [9.17, 15) is 15.8 Å². The van der Waals surface area contributed by atoms with Crippen molar-refractivity contribution in [3.8, 4) is 29.7 Å². The number of halogens is 1. The Morgan fingerprint density at radius 3 is 2.42 bits per heavy atom. The van der Waals surface area contributed by atoms with E-state index in [1.54, 1.807) is 18.2 Å². The fourth-order valence-corrected chi connectivity index (χ4v) is 3.28. The van der Waals surface area contributed by atoms with E-state index in [4.69, 9.17) is 16.2 Å². The number of nitrogens with two attached hydrogens (primary N) is 2. The lowest BCUT2D eigenvalue weighted by molar-refractivity contribution is 0.439. The molecule has 0 radical (unpaired) electrons.